The van der Waals surface area contributed by atoms with Crippen molar-refractivity contribution < 1.29 is 4.74 Å². The highest BCUT2D eigenvalue weighted by Gasteiger charge is 2.29. The fourth-order valence-corrected chi connectivity index (χ4v) is 4.10. The summed E-state index contributed by atoms with van der Waals surface area (Å²) < 4.78 is 8.98. The van der Waals surface area contributed by atoms with E-state index in [2.05, 4.69) is 79.9 Å². The van der Waals surface area contributed by atoms with Gasteiger partial charge in [-0.15, -0.1) is 0 Å². The molecule has 1 aromatic heterocycles. The van der Waals surface area contributed by atoms with E-state index in [1.165, 1.54) is 11.1 Å². The second kappa shape index (κ2) is 8.32. The van der Waals surface area contributed by atoms with E-state index in [1.54, 1.807) is 6.33 Å². The Bertz CT molecular complexity index is 1110. The number of anilines is 1. The van der Waals surface area contributed by atoms with Crippen LogP contribution in [-0.4, -0.2) is 14.8 Å². The van der Waals surface area contributed by atoms with E-state index in [1.807, 2.05) is 35.0 Å². The number of benzene rings is 3. The first-order valence-electron chi connectivity index (χ1n) is 9.94. The van der Waals surface area contributed by atoms with Gasteiger partial charge in [-0.2, -0.15) is 10.1 Å². The smallest absolute Gasteiger partial charge is 0.222 e. The van der Waals surface area contributed by atoms with Crippen molar-refractivity contribution in [3.63, 3.8) is 0 Å². The third-order valence-corrected chi connectivity index (χ3v) is 5.94. The maximum atomic E-state index is 5.94. The van der Waals surface area contributed by atoms with Crippen molar-refractivity contribution >= 4 is 21.9 Å². The molecule has 6 heteroatoms. The SMILES string of the molecule is Brc1ccc([C@@H]2C[C@@H](c3ccc(OCc4ccccc4)cc3)n3ncnc3N2)cc1. The molecule has 4 aromatic rings. The van der Waals surface area contributed by atoms with Gasteiger partial charge in [0.25, 0.3) is 0 Å². The molecular weight excluding hydrogens is 440 g/mol. The lowest BCUT2D eigenvalue weighted by molar-refractivity contribution is 0.306. The molecule has 0 bridgehead atoms. The van der Waals surface area contributed by atoms with E-state index in [-0.39, 0.29) is 12.1 Å². The Hall–Kier alpha value is -3.12. The molecule has 0 spiro atoms. The lowest BCUT2D eigenvalue weighted by atomic mass is 9.93. The molecule has 0 aliphatic carbocycles. The van der Waals surface area contributed by atoms with Crippen molar-refractivity contribution in [3.05, 3.63) is 106 Å². The largest absolute Gasteiger partial charge is 0.489 e. The molecule has 2 atom stereocenters. The van der Waals surface area contributed by atoms with Crippen molar-refractivity contribution in [2.45, 2.75) is 25.1 Å². The summed E-state index contributed by atoms with van der Waals surface area (Å²) >= 11 is 3.51. The summed E-state index contributed by atoms with van der Waals surface area (Å²) in [5, 5.41) is 7.97. The molecule has 1 N–H and O–H groups in total. The van der Waals surface area contributed by atoms with Crippen LogP contribution in [0.2, 0.25) is 0 Å². The summed E-state index contributed by atoms with van der Waals surface area (Å²) in [7, 11) is 0. The van der Waals surface area contributed by atoms with Gasteiger partial charge in [-0.25, -0.2) is 4.68 Å². The molecule has 0 radical (unpaired) electrons. The minimum Gasteiger partial charge on any atom is -0.489 e. The van der Waals surface area contributed by atoms with Crippen LogP contribution in [0.25, 0.3) is 0 Å². The summed E-state index contributed by atoms with van der Waals surface area (Å²) in [5.41, 5.74) is 3.59. The molecule has 5 rings (SSSR count). The fraction of sp³-hybridized carbons (Fsp3) is 0.167. The Balaban J connectivity index is 1.35. The Morgan fingerprint density at radius 3 is 2.43 bits per heavy atom. The molecule has 0 saturated carbocycles. The topological polar surface area (TPSA) is 52.0 Å². The van der Waals surface area contributed by atoms with Gasteiger partial charge in [0, 0.05) is 4.47 Å². The molecule has 0 fully saturated rings. The van der Waals surface area contributed by atoms with Gasteiger partial charge in [0.2, 0.25) is 5.95 Å². The van der Waals surface area contributed by atoms with E-state index in [0.29, 0.717) is 6.61 Å². The second-order valence-corrected chi connectivity index (χ2v) is 8.29. The molecule has 0 saturated heterocycles. The van der Waals surface area contributed by atoms with Crippen LogP contribution in [0, 0.1) is 0 Å². The Labute approximate surface area is 183 Å². The van der Waals surface area contributed by atoms with Crippen molar-refractivity contribution in [1.29, 1.82) is 0 Å². The third-order valence-electron chi connectivity index (χ3n) is 5.42. The van der Waals surface area contributed by atoms with Crippen LogP contribution in [0.4, 0.5) is 5.95 Å². The van der Waals surface area contributed by atoms with Gasteiger partial charge in [0.05, 0.1) is 12.1 Å². The Morgan fingerprint density at radius 2 is 1.67 bits per heavy atom. The van der Waals surface area contributed by atoms with Gasteiger partial charge in [-0.3, -0.25) is 0 Å². The van der Waals surface area contributed by atoms with E-state index in [4.69, 9.17) is 4.74 Å². The maximum Gasteiger partial charge on any atom is 0.222 e. The van der Waals surface area contributed by atoms with Gasteiger partial charge in [-0.05, 0) is 47.4 Å². The maximum absolute atomic E-state index is 5.94. The molecule has 2 heterocycles. The number of hydrogen-bond acceptors (Lipinski definition) is 4. The summed E-state index contributed by atoms with van der Waals surface area (Å²) in [6.07, 6.45) is 2.50. The Kier molecular flexibility index (Phi) is 5.24. The van der Waals surface area contributed by atoms with Crippen LogP contribution in [0.1, 0.15) is 35.2 Å². The van der Waals surface area contributed by atoms with Crippen molar-refractivity contribution in [3.8, 4) is 5.75 Å². The molecule has 30 heavy (non-hydrogen) atoms. The average Bonchev–Trinajstić information content (AvgIpc) is 3.27. The van der Waals surface area contributed by atoms with E-state index >= 15 is 0 Å². The predicted octanol–water partition coefficient (Wildman–Crippen LogP) is 5.77. The van der Waals surface area contributed by atoms with Crippen LogP contribution < -0.4 is 10.1 Å². The normalized spacial score (nSPS) is 17.8. The van der Waals surface area contributed by atoms with Crippen LogP contribution >= 0.6 is 15.9 Å². The van der Waals surface area contributed by atoms with Gasteiger partial charge < -0.3 is 10.1 Å². The van der Waals surface area contributed by atoms with Gasteiger partial charge in [0.1, 0.15) is 18.7 Å². The van der Waals surface area contributed by atoms with Crippen LogP contribution in [-0.2, 0) is 6.61 Å². The first-order chi connectivity index (χ1) is 14.8. The van der Waals surface area contributed by atoms with Gasteiger partial charge >= 0.3 is 0 Å². The van der Waals surface area contributed by atoms with Crippen molar-refractivity contribution in [2.75, 3.05) is 5.32 Å². The predicted molar refractivity (Wildman–Crippen MR) is 120 cm³/mol. The molecule has 1 aliphatic rings. The first kappa shape index (κ1) is 18.9. The molecular formula is C24H21BrN4O. The summed E-state index contributed by atoms with van der Waals surface area (Å²) in [5.74, 6) is 1.66. The zero-order valence-electron chi connectivity index (χ0n) is 16.3. The van der Waals surface area contributed by atoms with Gasteiger partial charge in [-0.1, -0.05) is 70.5 Å². The van der Waals surface area contributed by atoms with Crippen LogP contribution in [0.15, 0.2) is 89.7 Å². The third kappa shape index (κ3) is 3.96. The van der Waals surface area contributed by atoms with Crippen molar-refractivity contribution in [1.82, 2.24) is 14.8 Å². The molecule has 3 aromatic carbocycles. The molecule has 5 nitrogen and oxygen atoms in total. The average molecular weight is 461 g/mol. The summed E-state index contributed by atoms with van der Waals surface area (Å²) in [4.78, 5) is 4.41. The quantitative estimate of drug-likeness (QED) is 0.410. The standard InChI is InChI=1S/C24H21BrN4O/c25-20-10-6-18(7-11-20)22-14-23(29-24(28-22)26-16-27-29)19-8-12-21(13-9-19)30-15-17-4-2-1-3-5-17/h1-13,16,22-23H,14-15H2,(H,26,27,28)/t22-,23-/m0/s1. The Morgan fingerprint density at radius 1 is 0.933 bits per heavy atom. The number of rotatable bonds is 5. The molecule has 1 aliphatic heterocycles. The molecule has 150 valence electrons. The first-order valence-corrected chi connectivity index (χ1v) is 10.7. The highest BCUT2D eigenvalue weighted by Crippen LogP contribution is 2.37. The zero-order valence-corrected chi connectivity index (χ0v) is 17.9. The zero-order chi connectivity index (χ0) is 20.3. The summed E-state index contributed by atoms with van der Waals surface area (Å²) in [6.45, 7) is 0.562. The number of hydrogen-bond donors (Lipinski definition) is 1. The number of nitrogens with one attached hydrogen (secondary N) is 1. The van der Waals surface area contributed by atoms with Gasteiger partial charge in [0.15, 0.2) is 0 Å². The fourth-order valence-electron chi connectivity index (χ4n) is 3.84. The molecule has 0 amide bonds. The van der Waals surface area contributed by atoms with Crippen LogP contribution in [0.3, 0.4) is 0 Å². The lowest BCUT2D eigenvalue weighted by Crippen LogP contribution is -2.28. The number of aromatic nitrogens is 3. The van der Waals surface area contributed by atoms with E-state index < -0.39 is 0 Å². The summed E-state index contributed by atoms with van der Waals surface area (Å²) in [6, 6.07) is 27.2. The number of nitrogens with zero attached hydrogens (tertiary/aromatic N) is 3. The minimum absolute atomic E-state index is 0.112. The minimum atomic E-state index is 0.112. The second-order valence-electron chi connectivity index (χ2n) is 7.37. The van der Waals surface area contributed by atoms with Crippen molar-refractivity contribution in [2.24, 2.45) is 0 Å². The van der Waals surface area contributed by atoms with Crippen LogP contribution in [0.5, 0.6) is 5.75 Å². The number of ether oxygens (including phenoxy) is 1. The highest BCUT2D eigenvalue weighted by molar-refractivity contribution is 9.10. The molecule has 0 unspecified atom stereocenters. The number of halogens is 1. The van der Waals surface area contributed by atoms with E-state index in [0.717, 1.165) is 28.2 Å². The monoisotopic (exact) mass is 460 g/mol. The lowest BCUT2D eigenvalue weighted by Gasteiger charge is -2.32. The number of fused-ring (bicyclic) bond motifs is 1. The highest BCUT2D eigenvalue weighted by atomic mass is 79.9. The van der Waals surface area contributed by atoms with E-state index in [9.17, 15) is 0 Å².